The highest BCUT2D eigenvalue weighted by molar-refractivity contribution is 7.99. The minimum Gasteiger partial charge on any atom is -0.360 e. The lowest BCUT2D eigenvalue weighted by atomic mass is 10.2. The van der Waals surface area contributed by atoms with Gasteiger partial charge in [-0.05, 0) is 50.1 Å². The zero-order valence-electron chi connectivity index (χ0n) is 16.3. The molecule has 0 spiro atoms. The SMILES string of the molecule is CCNC(=NCc1ccc(N2CCNC(=O)C2)cc1)NC1CCC(SC)C1. The second-order valence-electron chi connectivity index (χ2n) is 7.15. The maximum atomic E-state index is 11.5. The molecule has 1 aromatic carbocycles. The number of guanidine groups is 1. The number of thioether (sulfide) groups is 1. The van der Waals surface area contributed by atoms with Crippen LogP contribution < -0.4 is 20.9 Å². The number of piperazine rings is 1. The van der Waals surface area contributed by atoms with Crippen LogP contribution in [0.25, 0.3) is 0 Å². The molecule has 2 aliphatic rings. The molecule has 1 aliphatic heterocycles. The lowest BCUT2D eigenvalue weighted by molar-refractivity contribution is -0.120. The fourth-order valence-corrected chi connectivity index (χ4v) is 4.44. The highest BCUT2D eigenvalue weighted by atomic mass is 32.2. The average Bonchev–Trinajstić information content (AvgIpc) is 3.14. The number of rotatable bonds is 6. The van der Waals surface area contributed by atoms with E-state index in [2.05, 4.69) is 58.3 Å². The van der Waals surface area contributed by atoms with E-state index in [1.807, 2.05) is 11.8 Å². The third-order valence-corrected chi connectivity index (χ3v) is 6.26. The summed E-state index contributed by atoms with van der Waals surface area (Å²) in [6.45, 7) is 5.61. The van der Waals surface area contributed by atoms with Gasteiger partial charge < -0.3 is 20.9 Å². The van der Waals surface area contributed by atoms with Crippen LogP contribution in [0.5, 0.6) is 0 Å². The van der Waals surface area contributed by atoms with Crippen LogP contribution >= 0.6 is 11.8 Å². The van der Waals surface area contributed by atoms with Crippen molar-refractivity contribution < 1.29 is 4.79 Å². The van der Waals surface area contributed by atoms with Crippen molar-refractivity contribution in [1.82, 2.24) is 16.0 Å². The number of nitrogens with zero attached hydrogens (tertiary/aromatic N) is 2. The second-order valence-corrected chi connectivity index (χ2v) is 8.28. The van der Waals surface area contributed by atoms with E-state index in [0.717, 1.165) is 30.0 Å². The Kier molecular flexibility index (Phi) is 7.26. The molecule has 27 heavy (non-hydrogen) atoms. The van der Waals surface area contributed by atoms with E-state index in [1.165, 1.54) is 24.8 Å². The number of amides is 1. The van der Waals surface area contributed by atoms with E-state index in [4.69, 9.17) is 4.99 Å². The zero-order chi connectivity index (χ0) is 19.1. The third-order valence-electron chi connectivity index (χ3n) is 5.16. The summed E-state index contributed by atoms with van der Waals surface area (Å²) in [5.41, 5.74) is 2.27. The third kappa shape index (κ3) is 5.79. The van der Waals surface area contributed by atoms with Crippen molar-refractivity contribution in [3.63, 3.8) is 0 Å². The van der Waals surface area contributed by atoms with Crippen LogP contribution in [0.1, 0.15) is 31.7 Å². The van der Waals surface area contributed by atoms with Gasteiger partial charge in [-0.1, -0.05) is 12.1 Å². The molecule has 1 aliphatic carbocycles. The van der Waals surface area contributed by atoms with E-state index in [0.29, 0.717) is 25.7 Å². The summed E-state index contributed by atoms with van der Waals surface area (Å²) in [5, 5.41) is 10.6. The first kappa shape index (κ1) is 19.9. The number of aliphatic imine (C=N–C) groups is 1. The molecule has 0 aromatic heterocycles. The Morgan fingerprint density at radius 1 is 1.33 bits per heavy atom. The van der Waals surface area contributed by atoms with Crippen molar-refractivity contribution in [2.45, 2.75) is 44.0 Å². The minimum absolute atomic E-state index is 0.0897. The van der Waals surface area contributed by atoms with Gasteiger partial charge in [-0.2, -0.15) is 11.8 Å². The Balaban J connectivity index is 1.56. The maximum Gasteiger partial charge on any atom is 0.239 e. The highest BCUT2D eigenvalue weighted by Crippen LogP contribution is 2.28. The maximum absolute atomic E-state index is 11.5. The molecule has 2 fully saturated rings. The Hall–Kier alpha value is -1.89. The molecule has 0 bridgehead atoms. The Morgan fingerprint density at radius 3 is 2.81 bits per heavy atom. The van der Waals surface area contributed by atoms with Crippen molar-refractivity contribution >= 4 is 29.3 Å². The molecule has 1 heterocycles. The van der Waals surface area contributed by atoms with Crippen LogP contribution in [0.4, 0.5) is 5.69 Å². The van der Waals surface area contributed by atoms with Crippen LogP contribution in [0.2, 0.25) is 0 Å². The van der Waals surface area contributed by atoms with Crippen molar-refractivity contribution in [2.24, 2.45) is 4.99 Å². The van der Waals surface area contributed by atoms with Gasteiger partial charge in [-0.3, -0.25) is 4.79 Å². The smallest absolute Gasteiger partial charge is 0.239 e. The number of carbonyl (C=O) groups excluding carboxylic acids is 1. The summed E-state index contributed by atoms with van der Waals surface area (Å²) in [4.78, 5) is 18.4. The van der Waals surface area contributed by atoms with E-state index >= 15 is 0 Å². The van der Waals surface area contributed by atoms with Crippen LogP contribution in [0, 0.1) is 0 Å². The molecule has 3 rings (SSSR count). The van der Waals surface area contributed by atoms with Gasteiger partial charge >= 0.3 is 0 Å². The van der Waals surface area contributed by atoms with E-state index < -0.39 is 0 Å². The van der Waals surface area contributed by atoms with Gasteiger partial charge in [0.2, 0.25) is 5.91 Å². The van der Waals surface area contributed by atoms with Crippen LogP contribution in [-0.4, -0.2) is 55.6 Å². The topological polar surface area (TPSA) is 68.8 Å². The number of hydrogen-bond donors (Lipinski definition) is 3. The number of anilines is 1. The summed E-state index contributed by atoms with van der Waals surface area (Å²) >= 11 is 1.97. The van der Waals surface area contributed by atoms with Crippen molar-refractivity contribution in [2.75, 3.05) is 37.3 Å². The summed E-state index contributed by atoms with van der Waals surface area (Å²) in [6, 6.07) is 8.91. The summed E-state index contributed by atoms with van der Waals surface area (Å²) in [7, 11) is 0. The Morgan fingerprint density at radius 2 is 2.15 bits per heavy atom. The number of carbonyl (C=O) groups is 1. The normalized spacial score (nSPS) is 23.3. The molecule has 2 atom stereocenters. The molecule has 3 N–H and O–H groups in total. The molecule has 1 amide bonds. The first-order chi connectivity index (χ1) is 13.2. The molecular formula is C20H31N5OS. The van der Waals surface area contributed by atoms with E-state index in [1.54, 1.807) is 0 Å². The van der Waals surface area contributed by atoms with Gasteiger partial charge in [-0.25, -0.2) is 4.99 Å². The fraction of sp³-hybridized carbons (Fsp3) is 0.600. The lowest BCUT2D eigenvalue weighted by Gasteiger charge is -2.28. The van der Waals surface area contributed by atoms with Gasteiger partial charge in [0.25, 0.3) is 0 Å². The highest BCUT2D eigenvalue weighted by Gasteiger charge is 2.24. The van der Waals surface area contributed by atoms with Crippen molar-refractivity contribution in [3.8, 4) is 0 Å². The fourth-order valence-electron chi connectivity index (χ4n) is 3.64. The first-order valence-electron chi connectivity index (χ1n) is 9.86. The van der Waals surface area contributed by atoms with Gasteiger partial charge in [0, 0.05) is 36.6 Å². The number of nitrogens with one attached hydrogen (secondary N) is 3. The second kappa shape index (κ2) is 9.88. The molecule has 6 nitrogen and oxygen atoms in total. The van der Waals surface area contributed by atoms with Gasteiger partial charge in [0.05, 0.1) is 13.1 Å². The summed E-state index contributed by atoms with van der Waals surface area (Å²) in [6.07, 6.45) is 5.91. The number of hydrogen-bond acceptors (Lipinski definition) is 4. The van der Waals surface area contributed by atoms with Crippen LogP contribution in [-0.2, 0) is 11.3 Å². The first-order valence-corrected chi connectivity index (χ1v) is 11.1. The molecule has 7 heteroatoms. The Bertz CT molecular complexity index is 648. The summed E-state index contributed by atoms with van der Waals surface area (Å²) in [5.74, 6) is 0.993. The molecular weight excluding hydrogens is 358 g/mol. The van der Waals surface area contributed by atoms with Gasteiger partial charge in [-0.15, -0.1) is 0 Å². The largest absolute Gasteiger partial charge is 0.360 e. The number of benzene rings is 1. The monoisotopic (exact) mass is 389 g/mol. The van der Waals surface area contributed by atoms with Crippen LogP contribution in [0.15, 0.2) is 29.3 Å². The summed E-state index contributed by atoms with van der Waals surface area (Å²) < 4.78 is 0. The quantitative estimate of drug-likeness (QED) is 0.513. The predicted molar refractivity (Wildman–Crippen MR) is 115 cm³/mol. The molecule has 1 saturated heterocycles. The van der Waals surface area contributed by atoms with Gasteiger partial charge in [0.15, 0.2) is 5.96 Å². The standard InChI is InChI=1S/C20H31N5OS/c1-3-21-20(24-16-6-9-18(12-16)27-2)23-13-15-4-7-17(8-5-15)25-11-10-22-19(26)14-25/h4-5,7-8,16,18H,3,6,9-14H2,1-2H3,(H,22,26)(H2,21,23,24). The Labute approximate surface area is 166 Å². The van der Waals surface area contributed by atoms with Gasteiger partial charge in [0.1, 0.15) is 0 Å². The average molecular weight is 390 g/mol. The molecule has 1 saturated carbocycles. The predicted octanol–water partition coefficient (Wildman–Crippen LogP) is 1.96. The lowest BCUT2D eigenvalue weighted by Crippen LogP contribution is -2.47. The molecule has 0 radical (unpaired) electrons. The van der Waals surface area contributed by atoms with Crippen molar-refractivity contribution in [3.05, 3.63) is 29.8 Å². The van der Waals surface area contributed by atoms with E-state index in [9.17, 15) is 4.79 Å². The van der Waals surface area contributed by atoms with Crippen molar-refractivity contribution in [1.29, 1.82) is 0 Å². The molecule has 148 valence electrons. The zero-order valence-corrected chi connectivity index (χ0v) is 17.1. The van der Waals surface area contributed by atoms with E-state index in [-0.39, 0.29) is 5.91 Å². The molecule has 1 aromatic rings. The van der Waals surface area contributed by atoms with Crippen LogP contribution in [0.3, 0.4) is 0 Å². The minimum atomic E-state index is 0.0897. The molecule has 2 unspecified atom stereocenters.